The van der Waals surface area contributed by atoms with Crippen LogP contribution < -0.4 is 11.2 Å². The maximum absolute atomic E-state index is 13.7. The number of imidazole rings is 1. The van der Waals surface area contributed by atoms with Crippen molar-refractivity contribution in [1.82, 2.24) is 18.7 Å². The van der Waals surface area contributed by atoms with Crippen LogP contribution in [0.3, 0.4) is 0 Å². The zero-order valence-corrected chi connectivity index (χ0v) is 20.9. The predicted molar refractivity (Wildman–Crippen MR) is 144 cm³/mol. The van der Waals surface area contributed by atoms with Crippen LogP contribution in [0.15, 0.2) is 94.8 Å². The molecule has 5 rings (SSSR count). The average Bonchev–Trinajstić information content (AvgIpc) is 3.29. The van der Waals surface area contributed by atoms with Gasteiger partial charge in [0.15, 0.2) is 11.2 Å². The zero-order chi connectivity index (χ0) is 25.2. The third kappa shape index (κ3) is 4.42. The molecule has 0 saturated heterocycles. The van der Waals surface area contributed by atoms with E-state index in [0.29, 0.717) is 35.7 Å². The second kappa shape index (κ2) is 9.82. The van der Waals surface area contributed by atoms with Gasteiger partial charge in [-0.05, 0) is 53.6 Å². The van der Waals surface area contributed by atoms with Crippen LogP contribution in [0.25, 0.3) is 16.9 Å². The summed E-state index contributed by atoms with van der Waals surface area (Å²) in [5.74, 6) is 0.379. The van der Waals surface area contributed by atoms with Gasteiger partial charge in [-0.2, -0.15) is 0 Å². The molecule has 0 saturated carbocycles. The van der Waals surface area contributed by atoms with E-state index in [1.807, 2.05) is 71.3 Å². The summed E-state index contributed by atoms with van der Waals surface area (Å²) >= 11 is 0. The van der Waals surface area contributed by atoms with Gasteiger partial charge in [-0.15, -0.1) is 0 Å². The third-order valence-electron chi connectivity index (χ3n) is 6.79. The highest BCUT2D eigenvalue weighted by Crippen LogP contribution is 2.19. The number of rotatable bonds is 7. The van der Waals surface area contributed by atoms with Gasteiger partial charge < -0.3 is 4.57 Å². The molecule has 6 nitrogen and oxygen atoms in total. The summed E-state index contributed by atoms with van der Waals surface area (Å²) in [5.41, 5.74) is 5.33. The Morgan fingerprint density at radius 1 is 0.861 bits per heavy atom. The molecule has 0 aliphatic carbocycles. The van der Waals surface area contributed by atoms with Gasteiger partial charge in [-0.25, -0.2) is 14.3 Å². The van der Waals surface area contributed by atoms with Crippen molar-refractivity contribution in [2.24, 2.45) is 0 Å². The number of aryl methyl sites for hydroxylation is 2. The molecule has 0 aliphatic rings. The van der Waals surface area contributed by atoms with Gasteiger partial charge in [0.2, 0.25) is 0 Å². The summed E-state index contributed by atoms with van der Waals surface area (Å²) < 4.78 is 4.78. The monoisotopic (exact) mass is 478 g/mol. The summed E-state index contributed by atoms with van der Waals surface area (Å²) in [5, 5.41) is 0. The Kier molecular flexibility index (Phi) is 6.42. The van der Waals surface area contributed by atoms with Crippen molar-refractivity contribution in [2.75, 3.05) is 0 Å². The average molecular weight is 479 g/mol. The summed E-state index contributed by atoms with van der Waals surface area (Å²) in [6.07, 6.45) is 2.25. The molecule has 0 radical (unpaired) electrons. The number of hydrogen-bond acceptors (Lipinski definition) is 3. The van der Waals surface area contributed by atoms with Gasteiger partial charge in [0.1, 0.15) is 0 Å². The SMILES string of the molecule is Cc1ccccc1Cn1cnc2c1c(=O)n(CCc1ccccc1)c(=O)n2-c1ccc(C(C)C)cc1. The largest absolute Gasteiger partial charge is 0.337 e. The molecule has 0 unspecified atom stereocenters. The van der Waals surface area contributed by atoms with E-state index in [1.165, 1.54) is 10.1 Å². The number of hydrogen-bond donors (Lipinski definition) is 0. The molecule has 6 heteroatoms. The summed E-state index contributed by atoms with van der Waals surface area (Å²) in [7, 11) is 0. The van der Waals surface area contributed by atoms with Crippen LogP contribution in [0.2, 0.25) is 0 Å². The van der Waals surface area contributed by atoms with E-state index in [1.54, 1.807) is 10.9 Å². The predicted octanol–water partition coefficient (Wildman–Crippen LogP) is 5.07. The normalized spacial score (nSPS) is 11.4. The fraction of sp³-hybridized carbons (Fsp3) is 0.233. The first-order chi connectivity index (χ1) is 17.4. The molecule has 3 aromatic carbocycles. The van der Waals surface area contributed by atoms with Crippen molar-refractivity contribution < 1.29 is 0 Å². The van der Waals surface area contributed by atoms with Crippen molar-refractivity contribution in [3.63, 3.8) is 0 Å². The van der Waals surface area contributed by atoms with E-state index in [0.717, 1.165) is 16.7 Å². The number of aromatic nitrogens is 4. The Labute approximate surface area is 210 Å². The van der Waals surface area contributed by atoms with Crippen molar-refractivity contribution >= 4 is 11.2 Å². The minimum Gasteiger partial charge on any atom is -0.320 e. The Bertz CT molecular complexity index is 1620. The van der Waals surface area contributed by atoms with Crippen LogP contribution in [0.1, 0.15) is 42.0 Å². The van der Waals surface area contributed by atoms with Crippen LogP contribution >= 0.6 is 0 Å². The highest BCUT2D eigenvalue weighted by molar-refractivity contribution is 5.72. The van der Waals surface area contributed by atoms with Crippen molar-refractivity contribution in [2.45, 2.75) is 46.2 Å². The first-order valence-electron chi connectivity index (χ1n) is 12.3. The first kappa shape index (κ1) is 23.5. The van der Waals surface area contributed by atoms with E-state index in [9.17, 15) is 9.59 Å². The maximum Gasteiger partial charge on any atom is 0.337 e. The van der Waals surface area contributed by atoms with Gasteiger partial charge >= 0.3 is 5.69 Å². The second-order valence-corrected chi connectivity index (χ2v) is 9.53. The Morgan fingerprint density at radius 3 is 2.25 bits per heavy atom. The Balaban J connectivity index is 1.69. The lowest BCUT2D eigenvalue weighted by Gasteiger charge is -2.14. The topological polar surface area (TPSA) is 61.8 Å². The Hall–Kier alpha value is -4.19. The van der Waals surface area contributed by atoms with Gasteiger partial charge in [0.25, 0.3) is 5.56 Å². The molecule has 0 aliphatic heterocycles. The molecule has 36 heavy (non-hydrogen) atoms. The number of fused-ring (bicyclic) bond motifs is 1. The highest BCUT2D eigenvalue weighted by atomic mass is 16.2. The van der Waals surface area contributed by atoms with Crippen LogP contribution in [-0.2, 0) is 19.5 Å². The zero-order valence-electron chi connectivity index (χ0n) is 20.9. The van der Waals surface area contributed by atoms with Gasteiger partial charge in [-0.3, -0.25) is 9.36 Å². The highest BCUT2D eigenvalue weighted by Gasteiger charge is 2.20. The summed E-state index contributed by atoms with van der Waals surface area (Å²) in [6, 6.07) is 25.9. The van der Waals surface area contributed by atoms with E-state index in [-0.39, 0.29) is 17.8 Å². The van der Waals surface area contributed by atoms with Gasteiger partial charge in [-0.1, -0.05) is 80.6 Å². The summed E-state index contributed by atoms with van der Waals surface area (Å²) in [6.45, 7) is 7.12. The minimum atomic E-state index is -0.373. The number of benzene rings is 3. The van der Waals surface area contributed by atoms with E-state index >= 15 is 0 Å². The second-order valence-electron chi connectivity index (χ2n) is 9.53. The fourth-order valence-corrected chi connectivity index (χ4v) is 4.59. The molecule has 5 aromatic rings. The van der Waals surface area contributed by atoms with Crippen LogP contribution in [0.4, 0.5) is 0 Å². The molecule has 0 fully saturated rings. The molecule has 0 bridgehead atoms. The lowest BCUT2D eigenvalue weighted by atomic mass is 10.0. The first-order valence-corrected chi connectivity index (χ1v) is 12.3. The Morgan fingerprint density at radius 2 is 1.56 bits per heavy atom. The van der Waals surface area contributed by atoms with Gasteiger partial charge in [0.05, 0.1) is 12.0 Å². The minimum absolute atomic E-state index is 0.289. The molecule has 2 aromatic heterocycles. The smallest absolute Gasteiger partial charge is 0.320 e. The maximum atomic E-state index is 13.7. The van der Waals surface area contributed by atoms with Crippen molar-refractivity contribution in [3.8, 4) is 5.69 Å². The lowest BCUT2D eigenvalue weighted by Crippen LogP contribution is -2.40. The molecule has 0 spiro atoms. The van der Waals surface area contributed by atoms with Crippen molar-refractivity contribution in [3.05, 3.63) is 128 Å². The quantitative estimate of drug-likeness (QED) is 0.328. The van der Waals surface area contributed by atoms with E-state index in [2.05, 4.69) is 37.9 Å². The molecular formula is C30H30N4O2. The molecule has 0 atom stereocenters. The van der Waals surface area contributed by atoms with Crippen LogP contribution in [-0.4, -0.2) is 18.7 Å². The molecule has 0 amide bonds. The lowest BCUT2D eigenvalue weighted by molar-refractivity contribution is 0.615. The van der Waals surface area contributed by atoms with E-state index < -0.39 is 0 Å². The van der Waals surface area contributed by atoms with Crippen LogP contribution in [0.5, 0.6) is 0 Å². The molecular weight excluding hydrogens is 448 g/mol. The van der Waals surface area contributed by atoms with Crippen LogP contribution in [0, 0.1) is 6.92 Å². The summed E-state index contributed by atoms with van der Waals surface area (Å²) in [4.78, 5) is 32.1. The van der Waals surface area contributed by atoms with E-state index in [4.69, 9.17) is 0 Å². The van der Waals surface area contributed by atoms with Gasteiger partial charge in [0, 0.05) is 13.1 Å². The number of nitrogens with zero attached hydrogens (tertiary/aromatic N) is 4. The fourth-order valence-electron chi connectivity index (χ4n) is 4.59. The molecule has 182 valence electrons. The third-order valence-corrected chi connectivity index (χ3v) is 6.79. The molecule has 0 N–H and O–H groups in total. The molecule has 2 heterocycles. The van der Waals surface area contributed by atoms with Crippen molar-refractivity contribution in [1.29, 1.82) is 0 Å². The standard InChI is InChI=1S/C30H30N4O2/c1-21(2)24-13-15-26(16-14-24)34-28-27(32(20-31-28)19-25-12-8-7-9-22(25)3)29(35)33(30(34)36)18-17-23-10-5-4-6-11-23/h4-16,20-21H,17-19H2,1-3H3.